The van der Waals surface area contributed by atoms with Gasteiger partial charge in [-0.25, -0.2) is 44.5 Å². The fraction of sp³-hybridized carbons (Fsp3) is 0.389. The molecular weight excluding hydrogens is 2290 g/mol. The van der Waals surface area contributed by atoms with E-state index in [4.69, 9.17) is 187 Å². The molecular formula is C108H128BrCl14MgN11O13S. The number of aromatic nitrogens is 8. The van der Waals surface area contributed by atoms with Gasteiger partial charge in [0.15, 0.2) is 23.6 Å². The summed E-state index contributed by atoms with van der Waals surface area (Å²) in [6.45, 7) is 49.4. The zero-order valence-electron chi connectivity index (χ0n) is 86.7. The number of rotatable bonds is 25. The van der Waals surface area contributed by atoms with Crippen LogP contribution in [0.25, 0.3) is 5.57 Å². The largest absolute Gasteiger partial charge is 2.00 e. The second-order valence-electron chi connectivity index (χ2n) is 33.8. The van der Waals surface area contributed by atoms with Gasteiger partial charge in [0, 0.05) is 112 Å². The van der Waals surface area contributed by atoms with Gasteiger partial charge in [0.25, 0.3) is 10.1 Å². The van der Waals surface area contributed by atoms with Crippen molar-refractivity contribution < 1.29 is 78.4 Å². The number of fused-ring (bicyclic) bond motifs is 3. The number of pyridine rings is 8. The SMILES string of the molecule is C=CC(=O)c1c(Cl)cc(C)nc1Cl.C=CC(O)c1c(Cl)cc(C)nc1Cl.CCCC(CCC)C1CCC(=O)c2c(Cl)cc(C)nc21.CCCC(CCC)N1CCC(=COC)c2c1cc(C)nc2Cl.CCCC(CCC)N1CCC(=O)c2c1cc(C)nc2Cl.CCOC(=O)c1c(Cl)cc(C)nc1Cl.Cc1cc(Cl)c(C(=O)O)c(Cl)n1.Cc1cc(Cl)c(C=O)c(Cl)n1.Cc1ccc(N)c(Cl)c1.Cc1ccc(S(=O)(=O)O)cc1.[Br-].[CH-]=C.[Mg+2]. The zero-order valence-corrected chi connectivity index (χ0v) is 101. The molecule has 3 aliphatic rings. The van der Waals surface area contributed by atoms with E-state index >= 15 is 0 Å². The monoisotopic (exact) mass is 2410 g/mol. The van der Waals surface area contributed by atoms with Crippen molar-refractivity contribution in [3.05, 3.63) is 314 Å². The van der Waals surface area contributed by atoms with E-state index in [1.54, 1.807) is 91.1 Å². The predicted octanol–water partition coefficient (Wildman–Crippen LogP) is 29.4. The molecule has 806 valence electrons. The third-order valence-electron chi connectivity index (χ3n) is 22.1. The van der Waals surface area contributed by atoms with Crippen LogP contribution >= 0.6 is 162 Å². The number of benzene rings is 2. The van der Waals surface area contributed by atoms with Crippen LogP contribution in [0.5, 0.6) is 0 Å². The van der Waals surface area contributed by atoms with Crippen molar-refractivity contribution in [2.75, 3.05) is 42.3 Å². The molecule has 5 N–H and O–H groups in total. The Balaban J connectivity index is 0.000000834. The fourth-order valence-corrected chi connectivity index (χ4v) is 20.9. The van der Waals surface area contributed by atoms with Crippen molar-refractivity contribution in [3.8, 4) is 0 Å². The van der Waals surface area contributed by atoms with Gasteiger partial charge in [0.05, 0.1) is 99.4 Å². The topological polar surface area (TPSA) is 351 Å². The average Bonchev–Trinajstić information content (AvgIpc) is 0.761. The summed E-state index contributed by atoms with van der Waals surface area (Å²) < 4.78 is 39.6. The summed E-state index contributed by atoms with van der Waals surface area (Å²) >= 11 is 82.0. The van der Waals surface area contributed by atoms with Crippen molar-refractivity contribution in [2.24, 2.45) is 5.92 Å². The van der Waals surface area contributed by atoms with Gasteiger partial charge in [-0.2, -0.15) is 8.42 Å². The third-order valence-corrected chi connectivity index (χ3v) is 27.1. The van der Waals surface area contributed by atoms with E-state index in [9.17, 15) is 42.3 Å². The molecule has 2 unspecified atom stereocenters. The Morgan fingerprint density at radius 1 is 0.490 bits per heavy atom. The minimum Gasteiger partial charge on any atom is -1.00 e. The molecule has 0 radical (unpaired) electrons. The summed E-state index contributed by atoms with van der Waals surface area (Å²) in [5.41, 5.74) is 21.9. The normalized spacial score (nSPS) is 12.7. The van der Waals surface area contributed by atoms with Crippen molar-refractivity contribution in [1.82, 2.24) is 39.9 Å². The molecule has 0 amide bonds. The molecule has 2 aromatic carbocycles. The number of halogens is 15. The summed E-state index contributed by atoms with van der Waals surface area (Å²) in [4.78, 5) is 105. The second kappa shape index (κ2) is 70.9. The van der Waals surface area contributed by atoms with Crippen LogP contribution in [0.1, 0.15) is 299 Å². The molecule has 0 bridgehead atoms. The number of aromatic carboxylic acids is 1. The fourth-order valence-electron chi connectivity index (χ4n) is 15.7. The van der Waals surface area contributed by atoms with Crippen molar-refractivity contribution in [3.63, 3.8) is 0 Å². The molecule has 2 atom stereocenters. The number of esters is 1. The number of nitrogen functional groups attached to an aromatic ring is 1. The van der Waals surface area contributed by atoms with Gasteiger partial charge in [-0.1, -0.05) is 292 Å². The summed E-state index contributed by atoms with van der Waals surface area (Å²) in [5.74, 6) is -0.710. The number of carboxylic acid groups (broad SMARTS) is 1. The molecule has 0 saturated carbocycles. The number of aliphatic hydroxyl groups is 1. The summed E-state index contributed by atoms with van der Waals surface area (Å²) in [6, 6.07) is 26.5. The van der Waals surface area contributed by atoms with Crippen LogP contribution in [0.4, 0.5) is 17.1 Å². The molecule has 1 aliphatic carbocycles. The van der Waals surface area contributed by atoms with Crippen LogP contribution in [-0.4, -0.2) is 161 Å². The molecule has 2 aliphatic heterocycles. The molecule has 0 saturated heterocycles. The third kappa shape index (κ3) is 44.4. The second-order valence-corrected chi connectivity index (χ2v) is 40.6. The number of hydrogen-bond acceptors (Lipinski definition) is 22. The van der Waals surface area contributed by atoms with E-state index in [2.05, 4.69) is 124 Å². The van der Waals surface area contributed by atoms with E-state index < -0.39 is 28.2 Å². The van der Waals surface area contributed by atoms with Crippen LogP contribution in [0.2, 0.25) is 71.2 Å². The standard InChI is InChI=1S/C18H27ClN2O.C17H24ClNO.C16H23ClN2O.C9H9Cl2NO2.C9H9Cl2NO.C9H7Cl2NO.C7H5Cl2NO2.C7H5Cl2NO.C7H8ClN.C7H8O3S.C2H3.BrH.Mg/c1-5-7-15(8-6-2)21-10-9-14(12-22-4)17-16(21)11-13(3)20-18(17)19;1-4-6-12(7-5-2)13-8-9-15(20)16-14(18)10-11(3)19-17(13)16;1-4-6-12(7-5-2)19-9-8-14(20)15-13(19)10-11(3)18-16(15)17;1-3-14-9(13)7-6(10)4-5(2)12-8(7)11;2*1-3-7(13)8-6(10)4-5(2)12-9(8)11;1-3-2-4(8)5(7(11)12)6(9)10-3;1-4-2-6(8)5(3-11)7(9)10-4;1-5-2-3-7(9)6(8)4-5;1-6-2-4-7(5-3-6)11(8,9)10;1-2;;/h11-12,15H,5-10H2,1-4H3;10,12-13H,4-9H2,1-3H3;10,12H,4-9H2,1-3H3;4H,3H2,1-2H3;3-4,7,13H,1H2,2H3;3-4H,1H2,2H3;2H,1H3,(H,11,12);2-3H,1H3;2-4H,9H2,1H3;2-5H,1H3,(H,8,9,10);1H,2H2;1H;/q;;;;;;;;;;-1;;+2/p-1. The molecule has 10 aromatic rings. The molecule has 149 heavy (non-hydrogen) atoms. The van der Waals surface area contributed by atoms with E-state index in [1.807, 2.05) is 65.1 Å². The van der Waals surface area contributed by atoms with E-state index in [-0.39, 0.29) is 127 Å². The minimum atomic E-state index is -4.02. The van der Waals surface area contributed by atoms with Gasteiger partial charge in [0.1, 0.15) is 53.3 Å². The number of aliphatic hydroxyl groups excluding tert-OH is 1. The van der Waals surface area contributed by atoms with E-state index in [1.165, 1.54) is 81.3 Å². The number of nitrogens with two attached hydrogens (primary N) is 1. The maximum atomic E-state index is 12.2. The number of aldehydes is 1. The number of ether oxygens (including phenoxy) is 2. The van der Waals surface area contributed by atoms with Crippen LogP contribution in [-0.2, 0) is 19.6 Å². The number of carbonyl (C=O) groups is 6. The maximum Gasteiger partial charge on any atom is 2.00 e. The van der Waals surface area contributed by atoms with Gasteiger partial charge in [-0.3, -0.25) is 35.3 Å². The average molecular weight is 2420 g/mol. The molecule has 0 spiro atoms. The van der Waals surface area contributed by atoms with Crippen LogP contribution < -0.4 is 32.5 Å². The number of allylic oxidation sites excluding steroid dienone is 1. The molecule has 24 nitrogen and oxygen atoms in total. The smallest absolute Gasteiger partial charge is 1.00 e. The molecule has 8 aromatic heterocycles. The number of carboxylic acids is 1. The summed E-state index contributed by atoms with van der Waals surface area (Å²) in [6.07, 6.45) is 21.3. The Labute approximate surface area is 974 Å². The Bertz CT molecular complexity index is 6100. The number of methoxy groups -OCH3 is 1. The van der Waals surface area contributed by atoms with Gasteiger partial charge in [0.2, 0.25) is 0 Å². The molecule has 41 heteroatoms. The van der Waals surface area contributed by atoms with Crippen molar-refractivity contribution >= 4 is 254 Å². The number of aryl methyl sites for hydroxylation is 10. The Kier molecular flexibility index (Phi) is 66.4. The summed E-state index contributed by atoms with van der Waals surface area (Å²) in [7, 11) is -2.33. The quantitative estimate of drug-likeness (QED) is 0.00353. The number of ketones is 3. The first-order valence-electron chi connectivity index (χ1n) is 47.1. The van der Waals surface area contributed by atoms with Gasteiger partial charge >= 0.3 is 35.0 Å². The first kappa shape index (κ1) is 140. The number of carbonyl (C=O) groups excluding carboxylic acids is 5. The zero-order chi connectivity index (χ0) is 111. The van der Waals surface area contributed by atoms with Gasteiger partial charge in [-0.05, 0) is 205 Å². The minimum absolute atomic E-state index is 0. The van der Waals surface area contributed by atoms with E-state index in [0.29, 0.717) is 124 Å². The Morgan fingerprint density at radius 2 is 0.879 bits per heavy atom. The molecule has 10 heterocycles. The van der Waals surface area contributed by atoms with Crippen LogP contribution in [0.3, 0.4) is 0 Å². The first-order valence-corrected chi connectivity index (χ1v) is 53.8. The number of hydrogen-bond donors (Lipinski definition) is 4. The van der Waals surface area contributed by atoms with Crippen LogP contribution in [0.15, 0.2) is 134 Å². The van der Waals surface area contributed by atoms with Gasteiger partial charge in [-0.15, -0.1) is 6.58 Å². The Hall–Kier alpha value is -7.40. The van der Waals surface area contributed by atoms with Crippen LogP contribution in [0, 0.1) is 81.7 Å². The Morgan fingerprint density at radius 3 is 1.28 bits per heavy atom. The first-order chi connectivity index (χ1) is 69.3. The number of nitrogens with zero attached hydrogens (tertiary/aromatic N) is 10. The van der Waals surface area contributed by atoms with Gasteiger partial charge < -0.3 is 58.8 Å². The van der Waals surface area contributed by atoms with E-state index in [0.717, 1.165) is 114 Å². The predicted molar refractivity (Wildman–Crippen MR) is 612 cm³/mol. The summed E-state index contributed by atoms with van der Waals surface area (Å²) in [5, 5.41) is 22.2. The number of Topliss-reactive ketones (excluding diaryl/α,β-unsaturated/α-hetero) is 2. The number of anilines is 3. The van der Waals surface area contributed by atoms with Crippen molar-refractivity contribution in [2.45, 2.75) is 249 Å². The maximum absolute atomic E-state index is 12.2. The molecule has 0 fully saturated rings. The van der Waals surface area contributed by atoms with Crippen molar-refractivity contribution in [1.29, 1.82) is 0 Å². The molecule has 13 rings (SSSR count).